The van der Waals surface area contributed by atoms with Crippen LogP contribution in [0.4, 0.5) is 5.13 Å². The third-order valence-corrected chi connectivity index (χ3v) is 4.19. The Balaban J connectivity index is 1.52. The van der Waals surface area contributed by atoms with Gasteiger partial charge in [0.25, 0.3) is 0 Å². The number of rotatable bonds is 3. The summed E-state index contributed by atoms with van der Waals surface area (Å²) < 4.78 is 4.40. The molecule has 1 saturated heterocycles. The molecule has 2 aliphatic rings. The standard InChI is InChI=1S/C13H20N4OS/c1-13(2,3)15-11(18)9-6-17(7-9)12-14-10(16-19-12)8-4-5-8/h8-9H,4-7H2,1-3H3,(H,15,18). The monoisotopic (exact) mass is 280 g/mol. The highest BCUT2D eigenvalue weighted by atomic mass is 32.1. The van der Waals surface area contributed by atoms with Crippen molar-refractivity contribution < 1.29 is 4.79 Å². The first-order valence-corrected chi connectivity index (χ1v) is 7.60. The lowest BCUT2D eigenvalue weighted by atomic mass is 9.98. The van der Waals surface area contributed by atoms with Crippen LogP contribution in [0, 0.1) is 5.92 Å². The molecule has 2 heterocycles. The van der Waals surface area contributed by atoms with Crippen molar-refractivity contribution in [3.05, 3.63) is 5.82 Å². The Bertz CT molecular complexity index is 483. The summed E-state index contributed by atoms with van der Waals surface area (Å²) in [5.74, 6) is 1.84. The number of aromatic nitrogens is 2. The van der Waals surface area contributed by atoms with E-state index in [-0.39, 0.29) is 17.4 Å². The average molecular weight is 280 g/mol. The summed E-state index contributed by atoms with van der Waals surface area (Å²) in [5, 5.41) is 4.00. The van der Waals surface area contributed by atoms with Crippen LogP contribution in [-0.4, -0.2) is 33.9 Å². The molecule has 1 aliphatic carbocycles. The molecular formula is C13H20N4OS. The van der Waals surface area contributed by atoms with Crippen LogP contribution >= 0.6 is 11.5 Å². The van der Waals surface area contributed by atoms with E-state index in [2.05, 4.69) is 19.6 Å². The van der Waals surface area contributed by atoms with Crippen LogP contribution in [0.15, 0.2) is 0 Å². The summed E-state index contributed by atoms with van der Waals surface area (Å²) in [7, 11) is 0. The maximum atomic E-state index is 12.0. The molecular weight excluding hydrogens is 260 g/mol. The molecule has 1 N–H and O–H groups in total. The van der Waals surface area contributed by atoms with Gasteiger partial charge in [-0.25, -0.2) is 4.98 Å². The Morgan fingerprint density at radius 2 is 2.05 bits per heavy atom. The number of anilines is 1. The summed E-state index contributed by atoms with van der Waals surface area (Å²) in [6.45, 7) is 7.55. The van der Waals surface area contributed by atoms with Crippen LogP contribution in [0.25, 0.3) is 0 Å². The van der Waals surface area contributed by atoms with Crippen molar-refractivity contribution in [1.82, 2.24) is 14.7 Å². The van der Waals surface area contributed by atoms with Gasteiger partial charge in [0.15, 0.2) is 0 Å². The van der Waals surface area contributed by atoms with Crippen molar-refractivity contribution in [2.75, 3.05) is 18.0 Å². The quantitative estimate of drug-likeness (QED) is 0.916. The summed E-state index contributed by atoms with van der Waals surface area (Å²) in [5.41, 5.74) is -0.153. The van der Waals surface area contributed by atoms with Crippen molar-refractivity contribution in [3.8, 4) is 0 Å². The number of hydrogen-bond acceptors (Lipinski definition) is 5. The maximum absolute atomic E-state index is 12.0. The molecule has 0 atom stereocenters. The Morgan fingerprint density at radius 1 is 1.37 bits per heavy atom. The Hall–Kier alpha value is -1.17. The fourth-order valence-corrected chi connectivity index (χ4v) is 2.90. The summed E-state index contributed by atoms with van der Waals surface area (Å²) in [6.07, 6.45) is 2.46. The van der Waals surface area contributed by atoms with E-state index in [1.54, 1.807) is 0 Å². The van der Waals surface area contributed by atoms with Gasteiger partial charge in [0.05, 0.1) is 5.92 Å². The molecule has 3 rings (SSSR count). The smallest absolute Gasteiger partial charge is 0.227 e. The van der Waals surface area contributed by atoms with Gasteiger partial charge in [-0.1, -0.05) is 0 Å². The Labute approximate surface area is 117 Å². The molecule has 1 amide bonds. The zero-order valence-corrected chi connectivity index (χ0v) is 12.5. The van der Waals surface area contributed by atoms with Gasteiger partial charge in [0, 0.05) is 36.1 Å². The molecule has 19 heavy (non-hydrogen) atoms. The highest BCUT2D eigenvalue weighted by Gasteiger charge is 2.36. The first-order chi connectivity index (χ1) is 8.92. The van der Waals surface area contributed by atoms with E-state index in [0.717, 1.165) is 24.0 Å². The molecule has 0 radical (unpaired) electrons. The SMILES string of the molecule is CC(C)(C)NC(=O)C1CN(c2nc(C3CC3)ns2)C1. The molecule has 0 bridgehead atoms. The number of carbonyl (C=O) groups excluding carboxylic acids is 1. The molecule has 1 saturated carbocycles. The van der Waals surface area contributed by atoms with E-state index in [4.69, 9.17) is 0 Å². The second kappa shape index (κ2) is 4.44. The van der Waals surface area contributed by atoms with Gasteiger partial charge in [0.2, 0.25) is 11.0 Å². The normalized spacial score (nSPS) is 20.3. The molecule has 104 valence electrons. The van der Waals surface area contributed by atoms with E-state index < -0.39 is 0 Å². The van der Waals surface area contributed by atoms with E-state index in [1.165, 1.54) is 24.4 Å². The Kier molecular flexibility index (Phi) is 3.00. The number of nitrogens with one attached hydrogen (secondary N) is 1. The van der Waals surface area contributed by atoms with Crippen molar-refractivity contribution >= 4 is 22.6 Å². The van der Waals surface area contributed by atoms with Gasteiger partial charge >= 0.3 is 0 Å². The van der Waals surface area contributed by atoms with Gasteiger partial charge in [-0.05, 0) is 33.6 Å². The molecule has 0 spiro atoms. The minimum Gasteiger partial charge on any atom is -0.351 e. The fraction of sp³-hybridized carbons (Fsp3) is 0.769. The molecule has 0 aromatic carbocycles. The van der Waals surface area contributed by atoms with Crippen molar-refractivity contribution in [2.24, 2.45) is 5.92 Å². The van der Waals surface area contributed by atoms with Crippen LogP contribution in [0.2, 0.25) is 0 Å². The molecule has 0 unspecified atom stereocenters. The summed E-state index contributed by atoms with van der Waals surface area (Å²) in [6, 6.07) is 0. The van der Waals surface area contributed by atoms with Gasteiger partial charge in [0.1, 0.15) is 5.82 Å². The minimum atomic E-state index is -0.153. The first kappa shape index (κ1) is 12.8. The van der Waals surface area contributed by atoms with E-state index in [0.29, 0.717) is 5.92 Å². The first-order valence-electron chi connectivity index (χ1n) is 6.83. The van der Waals surface area contributed by atoms with Crippen molar-refractivity contribution in [3.63, 3.8) is 0 Å². The molecule has 6 heteroatoms. The van der Waals surface area contributed by atoms with Crippen LogP contribution in [0.5, 0.6) is 0 Å². The predicted molar refractivity (Wildman–Crippen MR) is 75.5 cm³/mol. The molecule has 1 aromatic rings. The molecule has 1 aromatic heterocycles. The average Bonchev–Trinajstić information content (AvgIpc) is 2.94. The third-order valence-electron chi connectivity index (χ3n) is 3.39. The fourth-order valence-electron chi connectivity index (χ4n) is 2.13. The highest BCUT2D eigenvalue weighted by molar-refractivity contribution is 7.09. The highest BCUT2D eigenvalue weighted by Crippen LogP contribution is 2.40. The largest absolute Gasteiger partial charge is 0.351 e. The predicted octanol–water partition coefficient (Wildman–Crippen LogP) is 1.77. The topological polar surface area (TPSA) is 58.1 Å². The van der Waals surface area contributed by atoms with E-state index in [1.807, 2.05) is 20.8 Å². The van der Waals surface area contributed by atoms with Crippen molar-refractivity contribution in [2.45, 2.75) is 45.1 Å². The lowest BCUT2D eigenvalue weighted by Crippen LogP contribution is -2.56. The van der Waals surface area contributed by atoms with Gasteiger partial charge in [-0.15, -0.1) is 0 Å². The van der Waals surface area contributed by atoms with Crippen molar-refractivity contribution in [1.29, 1.82) is 0 Å². The summed E-state index contributed by atoms with van der Waals surface area (Å²) >= 11 is 1.46. The second-order valence-corrected chi connectivity index (χ2v) is 7.28. The third kappa shape index (κ3) is 2.88. The zero-order chi connectivity index (χ0) is 13.6. The number of amides is 1. The second-order valence-electron chi connectivity index (χ2n) is 6.55. The Morgan fingerprint density at radius 3 is 2.63 bits per heavy atom. The van der Waals surface area contributed by atoms with E-state index in [9.17, 15) is 4.79 Å². The number of nitrogens with zero attached hydrogens (tertiary/aromatic N) is 3. The lowest BCUT2D eigenvalue weighted by molar-refractivity contribution is -0.127. The van der Waals surface area contributed by atoms with Gasteiger partial charge < -0.3 is 10.2 Å². The van der Waals surface area contributed by atoms with Crippen LogP contribution in [0.1, 0.15) is 45.4 Å². The molecule has 1 aliphatic heterocycles. The maximum Gasteiger partial charge on any atom is 0.227 e. The molecule has 2 fully saturated rings. The summed E-state index contributed by atoms with van der Waals surface area (Å²) in [4.78, 5) is 18.7. The number of carbonyl (C=O) groups is 1. The zero-order valence-electron chi connectivity index (χ0n) is 11.6. The molecule has 5 nitrogen and oxygen atoms in total. The lowest BCUT2D eigenvalue weighted by Gasteiger charge is -2.39. The van der Waals surface area contributed by atoms with E-state index >= 15 is 0 Å². The number of hydrogen-bond donors (Lipinski definition) is 1. The minimum absolute atomic E-state index is 0.0903. The van der Waals surface area contributed by atoms with Gasteiger partial charge in [-0.2, -0.15) is 4.37 Å². The van der Waals surface area contributed by atoms with Crippen LogP contribution < -0.4 is 10.2 Å². The van der Waals surface area contributed by atoms with Crippen LogP contribution in [-0.2, 0) is 4.79 Å². The van der Waals surface area contributed by atoms with Gasteiger partial charge in [-0.3, -0.25) is 4.79 Å². The van der Waals surface area contributed by atoms with Crippen LogP contribution in [0.3, 0.4) is 0 Å².